The van der Waals surface area contributed by atoms with Gasteiger partial charge in [-0.3, -0.25) is 4.79 Å². The predicted molar refractivity (Wildman–Crippen MR) is 42.4 cm³/mol. The fourth-order valence-electron chi connectivity index (χ4n) is 0.924. The van der Waals surface area contributed by atoms with Gasteiger partial charge in [0.2, 0.25) is 0 Å². The first kappa shape index (κ1) is 6.54. The van der Waals surface area contributed by atoms with Crippen LogP contribution in [0.5, 0.6) is 0 Å². The lowest BCUT2D eigenvalue weighted by Crippen LogP contribution is -1.89. The Bertz CT molecular complexity index is 445. The van der Waals surface area contributed by atoms with E-state index in [1.165, 1.54) is 12.1 Å². The number of benzene rings is 1. The normalized spacial score (nSPS) is 10.6. The largest absolute Gasteiger partial charge is 0.312 e. The third kappa shape index (κ3) is 1.05. The second kappa shape index (κ2) is 2.17. The first-order chi connectivity index (χ1) is 5.25. The molecule has 0 aliphatic carbocycles. The number of H-pyrrole nitrogens is 1. The van der Waals surface area contributed by atoms with Gasteiger partial charge in [0.1, 0.15) is 5.82 Å². The van der Waals surface area contributed by atoms with Gasteiger partial charge in [0.15, 0.2) is 0 Å². The number of hydrogen-bond donors (Lipinski definition) is 1. The SMILES string of the molecule is O=c1[nH]c2cc(F)ccc2s1. The van der Waals surface area contributed by atoms with Gasteiger partial charge in [0, 0.05) is 0 Å². The van der Waals surface area contributed by atoms with E-state index in [0.29, 0.717) is 5.52 Å². The summed E-state index contributed by atoms with van der Waals surface area (Å²) in [4.78, 5) is 13.1. The molecule has 0 fully saturated rings. The average Bonchev–Trinajstić information content (AvgIpc) is 2.27. The number of thiazole rings is 1. The molecule has 11 heavy (non-hydrogen) atoms. The third-order valence-electron chi connectivity index (χ3n) is 1.38. The topological polar surface area (TPSA) is 32.9 Å². The van der Waals surface area contributed by atoms with Gasteiger partial charge in [-0.25, -0.2) is 4.39 Å². The summed E-state index contributed by atoms with van der Waals surface area (Å²) >= 11 is 1.08. The highest BCUT2D eigenvalue weighted by atomic mass is 32.1. The molecule has 0 atom stereocenters. The standard InChI is InChI=1S/C7H4FNOS/c8-4-1-2-6-5(3-4)9-7(10)11-6/h1-3H,(H,9,10). The lowest BCUT2D eigenvalue weighted by molar-refractivity contribution is 0.629. The van der Waals surface area contributed by atoms with Gasteiger partial charge in [-0.15, -0.1) is 0 Å². The molecule has 1 aromatic carbocycles. The highest BCUT2D eigenvalue weighted by Crippen LogP contribution is 2.14. The summed E-state index contributed by atoms with van der Waals surface area (Å²) < 4.78 is 13.3. The van der Waals surface area contributed by atoms with Crippen molar-refractivity contribution in [3.05, 3.63) is 33.7 Å². The van der Waals surface area contributed by atoms with Crippen molar-refractivity contribution in [1.82, 2.24) is 4.98 Å². The Labute approximate surface area is 65.3 Å². The van der Waals surface area contributed by atoms with Crippen LogP contribution in [0.15, 0.2) is 23.0 Å². The number of aromatic nitrogens is 1. The Kier molecular flexibility index (Phi) is 1.29. The van der Waals surface area contributed by atoms with Gasteiger partial charge >= 0.3 is 4.87 Å². The number of rotatable bonds is 0. The van der Waals surface area contributed by atoms with Gasteiger partial charge in [-0.1, -0.05) is 11.3 Å². The average molecular weight is 169 g/mol. The van der Waals surface area contributed by atoms with Crippen LogP contribution in [0.3, 0.4) is 0 Å². The minimum Gasteiger partial charge on any atom is -0.312 e. The van der Waals surface area contributed by atoms with E-state index in [2.05, 4.69) is 4.98 Å². The highest BCUT2D eigenvalue weighted by Gasteiger charge is 1.98. The molecule has 4 heteroatoms. The van der Waals surface area contributed by atoms with E-state index in [1.54, 1.807) is 6.07 Å². The van der Waals surface area contributed by atoms with Crippen molar-refractivity contribution in [3.63, 3.8) is 0 Å². The van der Waals surface area contributed by atoms with E-state index in [4.69, 9.17) is 0 Å². The molecule has 2 aromatic rings. The quantitative estimate of drug-likeness (QED) is 0.640. The smallest absolute Gasteiger partial charge is 0.305 e. The molecule has 0 amide bonds. The van der Waals surface area contributed by atoms with Crippen LogP contribution in [0.1, 0.15) is 0 Å². The third-order valence-corrected chi connectivity index (χ3v) is 2.24. The summed E-state index contributed by atoms with van der Waals surface area (Å²) in [6.07, 6.45) is 0. The summed E-state index contributed by atoms with van der Waals surface area (Å²) in [6, 6.07) is 4.24. The van der Waals surface area contributed by atoms with Crippen molar-refractivity contribution in [2.24, 2.45) is 0 Å². The minimum absolute atomic E-state index is 0.148. The van der Waals surface area contributed by atoms with Crippen LogP contribution < -0.4 is 4.87 Å². The number of aromatic amines is 1. The summed E-state index contributed by atoms with van der Waals surface area (Å²) in [7, 11) is 0. The molecule has 56 valence electrons. The maximum atomic E-state index is 12.5. The van der Waals surface area contributed by atoms with Crippen molar-refractivity contribution >= 4 is 21.6 Å². The number of fused-ring (bicyclic) bond motifs is 1. The Balaban J connectivity index is 2.92. The van der Waals surface area contributed by atoms with Crippen LogP contribution >= 0.6 is 11.3 Å². The van der Waals surface area contributed by atoms with Crippen molar-refractivity contribution in [1.29, 1.82) is 0 Å². The molecule has 0 bridgehead atoms. The summed E-state index contributed by atoms with van der Waals surface area (Å²) in [6.45, 7) is 0. The van der Waals surface area contributed by atoms with Crippen LogP contribution in [-0.4, -0.2) is 4.98 Å². The van der Waals surface area contributed by atoms with Crippen molar-refractivity contribution in [3.8, 4) is 0 Å². The van der Waals surface area contributed by atoms with Crippen molar-refractivity contribution < 1.29 is 4.39 Å². The van der Waals surface area contributed by atoms with Crippen LogP contribution in [-0.2, 0) is 0 Å². The monoisotopic (exact) mass is 169 g/mol. The summed E-state index contributed by atoms with van der Waals surface area (Å²) in [5, 5.41) is 0. The lowest BCUT2D eigenvalue weighted by Gasteiger charge is -1.86. The zero-order valence-corrected chi connectivity index (χ0v) is 6.24. The molecule has 1 heterocycles. The van der Waals surface area contributed by atoms with Gasteiger partial charge in [0.05, 0.1) is 10.2 Å². The number of halogens is 1. The Morgan fingerprint density at radius 1 is 1.45 bits per heavy atom. The molecular weight excluding hydrogens is 165 g/mol. The summed E-state index contributed by atoms with van der Waals surface area (Å²) in [5.41, 5.74) is 0.569. The van der Waals surface area contributed by atoms with Gasteiger partial charge in [-0.05, 0) is 18.2 Å². The Morgan fingerprint density at radius 3 is 3.09 bits per heavy atom. The molecule has 0 aliphatic rings. The van der Waals surface area contributed by atoms with E-state index < -0.39 is 0 Å². The second-order valence-electron chi connectivity index (χ2n) is 2.16. The van der Waals surface area contributed by atoms with Crippen LogP contribution in [0, 0.1) is 5.82 Å². The predicted octanol–water partition coefficient (Wildman–Crippen LogP) is 1.73. The van der Waals surface area contributed by atoms with Crippen LogP contribution in [0.4, 0.5) is 4.39 Å². The Hall–Kier alpha value is -1.16. The zero-order chi connectivity index (χ0) is 7.84. The van der Waals surface area contributed by atoms with E-state index in [9.17, 15) is 9.18 Å². The molecule has 1 aromatic heterocycles. The minimum atomic E-state index is -0.327. The first-order valence-electron chi connectivity index (χ1n) is 3.04. The van der Waals surface area contributed by atoms with Crippen molar-refractivity contribution in [2.45, 2.75) is 0 Å². The fraction of sp³-hybridized carbons (Fsp3) is 0. The summed E-state index contributed by atoms with van der Waals surface area (Å²) in [5.74, 6) is -0.327. The van der Waals surface area contributed by atoms with Gasteiger partial charge in [0.25, 0.3) is 0 Å². The molecule has 2 rings (SSSR count). The van der Waals surface area contributed by atoms with E-state index >= 15 is 0 Å². The number of hydrogen-bond acceptors (Lipinski definition) is 2. The molecule has 1 N–H and O–H groups in total. The number of nitrogens with one attached hydrogen (secondary N) is 1. The Morgan fingerprint density at radius 2 is 2.27 bits per heavy atom. The van der Waals surface area contributed by atoms with Gasteiger partial charge in [-0.2, -0.15) is 0 Å². The molecule has 0 unspecified atom stereocenters. The molecular formula is C7H4FNOS. The maximum Gasteiger partial charge on any atom is 0.305 e. The first-order valence-corrected chi connectivity index (χ1v) is 3.86. The second-order valence-corrected chi connectivity index (χ2v) is 3.17. The molecule has 0 saturated heterocycles. The van der Waals surface area contributed by atoms with Gasteiger partial charge < -0.3 is 4.98 Å². The van der Waals surface area contributed by atoms with E-state index in [-0.39, 0.29) is 10.7 Å². The highest BCUT2D eigenvalue weighted by molar-refractivity contribution is 7.16. The van der Waals surface area contributed by atoms with E-state index in [0.717, 1.165) is 16.0 Å². The van der Waals surface area contributed by atoms with Crippen molar-refractivity contribution in [2.75, 3.05) is 0 Å². The van der Waals surface area contributed by atoms with E-state index in [1.807, 2.05) is 0 Å². The molecule has 0 radical (unpaired) electrons. The maximum absolute atomic E-state index is 12.5. The molecule has 0 saturated carbocycles. The van der Waals surface area contributed by atoms with Crippen LogP contribution in [0.2, 0.25) is 0 Å². The zero-order valence-electron chi connectivity index (χ0n) is 5.43. The molecule has 2 nitrogen and oxygen atoms in total. The molecule has 0 spiro atoms. The fourth-order valence-corrected chi connectivity index (χ4v) is 1.64. The molecule has 0 aliphatic heterocycles. The van der Waals surface area contributed by atoms with Crippen LogP contribution in [0.25, 0.3) is 10.2 Å². The lowest BCUT2D eigenvalue weighted by atomic mass is 10.3.